The molecule has 0 saturated carbocycles. The van der Waals surface area contributed by atoms with Gasteiger partial charge >= 0.3 is 5.97 Å². The molecule has 2 saturated heterocycles. The highest BCUT2D eigenvalue weighted by atomic mass is 16.4. The predicted octanol–water partition coefficient (Wildman–Crippen LogP) is 1.52. The number of fused-ring (bicyclic) bond motifs is 1. The van der Waals surface area contributed by atoms with E-state index in [9.17, 15) is 4.79 Å². The molecule has 2 aliphatic heterocycles. The Labute approximate surface area is 128 Å². The quantitative estimate of drug-likeness (QED) is 0.727. The summed E-state index contributed by atoms with van der Waals surface area (Å²) in [4.78, 5) is 16.2. The smallest absolute Gasteiger partial charge is 0.323 e. The summed E-state index contributed by atoms with van der Waals surface area (Å²) in [5.41, 5.74) is 4.70. The number of hydrogen-bond acceptors (Lipinski definition) is 4. The van der Waals surface area contributed by atoms with Gasteiger partial charge in [0.2, 0.25) is 0 Å². The van der Waals surface area contributed by atoms with Crippen molar-refractivity contribution in [3.63, 3.8) is 0 Å². The number of carboxylic acid groups (broad SMARTS) is 1. The number of rotatable bonds is 6. The van der Waals surface area contributed by atoms with Crippen LogP contribution in [0.1, 0.15) is 52.4 Å². The average Bonchev–Trinajstić information content (AvgIpc) is 2.43. The van der Waals surface area contributed by atoms with Crippen LogP contribution >= 0.6 is 0 Å². The summed E-state index contributed by atoms with van der Waals surface area (Å²) in [5.74, 6) is -0.897. The van der Waals surface area contributed by atoms with E-state index >= 15 is 0 Å². The van der Waals surface area contributed by atoms with Crippen LogP contribution in [0.15, 0.2) is 0 Å². The molecule has 0 bridgehead atoms. The molecule has 3 unspecified atom stereocenters. The van der Waals surface area contributed by atoms with Crippen molar-refractivity contribution in [2.45, 2.75) is 70.0 Å². The van der Waals surface area contributed by atoms with Crippen LogP contribution in [-0.4, -0.2) is 64.7 Å². The fraction of sp³-hybridized carbons (Fsp3) is 0.938. The molecule has 0 radical (unpaired) electrons. The van der Waals surface area contributed by atoms with Gasteiger partial charge in [-0.2, -0.15) is 0 Å². The summed E-state index contributed by atoms with van der Waals surface area (Å²) in [6.07, 6.45) is 6.54. The second-order valence-corrected chi connectivity index (χ2v) is 7.17. The number of nitrogens with two attached hydrogens (primary N) is 1. The lowest BCUT2D eigenvalue weighted by atomic mass is 9.95. The van der Waals surface area contributed by atoms with E-state index in [1.54, 1.807) is 6.92 Å². The molecule has 2 fully saturated rings. The third kappa shape index (κ3) is 4.41. The summed E-state index contributed by atoms with van der Waals surface area (Å²) < 4.78 is 0. The van der Waals surface area contributed by atoms with Crippen molar-refractivity contribution in [1.29, 1.82) is 0 Å². The second kappa shape index (κ2) is 7.07. The molecule has 5 heteroatoms. The van der Waals surface area contributed by atoms with Gasteiger partial charge in [-0.05, 0) is 59.0 Å². The third-order valence-corrected chi connectivity index (χ3v) is 5.20. The summed E-state index contributed by atoms with van der Waals surface area (Å²) in [6.45, 7) is 8.64. The van der Waals surface area contributed by atoms with Gasteiger partial charge < -0.3 is 10.8 Å². The molecule has 2 aliphatic rings. The highest BCUT2D eigenvalue weighted by Crippen LogP contribution is 2.24. The minimum Gasteiger partial charge on any atom is -0.480 e. The van der Waals surface area contributed by atoms with Crippen LogP contribution in [0.25, 0.3) is 0 Å². The van der Waals surface area contributed by atoms with E-state index in [1.807, 2.05) is 0 Å². The van der Waals surface area contributed by atoms with E-state index in [1.165, 1.54) is 38.9 Å². The molecule has 122 valence electrons. The van der Waals surface area contributed by atoms with Crippen LogP contribution < -0.4 is 5.73 Å². The van der Waals surface area contributed by atoms with E-state index in [2.05, 4.69) is 16.7 Å². The highest BCUT2D eigenvalue weighted by molar-refractivity contribution is 5.77. The van der Waals surface area contributed by atoms with Crippen LogP contribution in [0.2, 0.25) is 0 Å². The molecule has 2 rings (SSSR count). The Hall–Kier alpha value is -0.650. The van der Waals surface area contributed by atoms with Gasteiger partial charge in [0.1, 0.15) is 5.54 Å². The molecule has 3 atom stereocenters. The Morgan fingerprint density at radius 3 is 2.81 bits per heavy atom. The van der Waals surface area contributed by atoms with E-state index in [0.717, 1.165) is 25.4 Å². The fourth-order valence-electron chi connectivity index (χ4n) is 3.64. The molecular formula is C16H31N3O2. The summed E-state index contributed by atoms with van der Waals surface area (Å²) in [5, 5.41) is 9.02. The van der Waals surface area contributed by atoms with Gasteiger partial charge in [0.15, 0.2) is 0 Å². The Morgan fingerprint density at radius 2 is 2.10 bits per heavy atom. The largest absolute Gasteiger partial charge is 0.480 e. The predicted molar refractivity (Wildman–Crippen MR) is 84.3 cm³/mol. The lowest BCUT2D eigenvalue weighted by molar-refractivity contribution is -0.142. The van der Waals surface area contributed by atoms with Gasteiger partial charge in [0.25, 0.3) is 0 Å². The minimum atomic E-state index is -1.08. The Balaban J connectivity index is 1.72. The Morgan fingerprint density at radius 1 is 1.33 bits per heavy atom. The van der Waals surface area contributed by atoms with Crippen molar-refractivity contribution in [1.82, 2.24) is 9.80 Å². The zero-order valence-corrected chi connectivity index (χ0v) is 13.6. The van der Waals surface area contributed by atoms with Crippen molar-refractivity contribution >= 4 is 5.97 Å². The molecule has 0 aromatic carbocycles. The molecule has 5 nitrogen and oxygen atoms in total. The molecule has 0 amide bonds. The third-order valence-electron chi connectivity index (χ3n) is 5.20. The Kier molecular flexibility index (Phi) is 5.63. The summed E-state index contributed by atoms with van der Waals surface area (Å²) >= 11 is 0. The standard InChI is InChI=1S/C16H31N3O2/c1-13-11-19-10-5-3-7-14(19)12-18(13)9-6-4-8-16(2,17)15(20)21/h13-14H,3-12,17H2,1-2H3,(H,20,21). The second-order valence-electron chi connectivity index (χ2n) is 7.17. The molecule has 0 spiro atoms. The van der Waals surface area contributed by atoms with Crippen molar-refractivity contribution in [2.24, 2.45) is 5.73 Å². The minimum absolute atomic E-state index is 0.556. The molecule has 0 aromatic heterocycles. The number of unbranched alkanes of at least 4 members (excludes halogenated alkanes) is 1. The van der Waals surface area contributed by atoms with E-state index in [4.69, 9.17) is 10.8 Å². The first-order valence-corrected chi connectivity index (χ1v) is 8.40. The number of nitrogens with zero attached hydrogens (tertiary/aromatic N) is 2. The lowest BCUT2D eigenvalue weighted by Gasteiger charge is -2.47. The Bertz CT molecular complexity index is 359. The number of piperazine rings is 1. The molecule has 21 heavy (non-hydrogen) atoms. The summed E-state index contributed by atoms with van der Waals surface area (Å²) in [7, 11) is 0. The van der Waals surface area contributed by atoms with E-state index in [-0.39, 0.29) is 0 Å². The molecule has 0 aliphatic carbocycles. The highest BCUT2D eigenvalue weighted by Gasteiger charge is 2.32. The van der Waals surface area contributed by atoms with E-state index < -0.39 is 11.5 Å². The van der Waals surface area contributed by atoms with Gasteiger partial charge in [-0.3, -0.25) is 14.6 Å². The molecule has 0 aromatic rings. The SMILES string of the molecule is CC1CN2CCCCC2CN1CCCCC(C)(N)C(=O)O. The first-order valence-electron chi connectivity index (χ1n) is 8.40. The van der Waals surface area contributed by atoms with Crippen LogP contribution in [0.3, 0.4) is 0 Å². The number of piperidine rings is 1. The van der Waals surface area contributed by atoms with Gasteiger partial charge in [0, 0.05) is 25.2 Å². The topological polar surface area (TPSA) is 69.8 Å². The van der Waals surface area contributed by atoms with Crippen LogP contribution in [0.5, 0.6) is 0 Å². The van der Waals surface area contributed by atoms with Crippen molar-refractivity contribution < 1.29 is 9.90 Å². The maximum atomic E-state index is 11.0. The van der Waals surface area contributed by atoms with Gasteiger partial charge in [0.05, 0.1) is 0 Å². The number of hydrogen-bond donors (Lipinski definition) is 2. The molecule has 3 N–H and O–H groups in total. The molecule has 2 heterocycles. The number of carboxylic acids is 1. The van der Waals surface area contributed by atoms with Crippen LogP contribution in [-0.2, 0) is 4.79 Å². The van der Waals surface area contributed by atoms with Crippen molar-refractivity contribution in [3.8, 4) is 0 Å². The maximum Gasteiger partial charge on any atom is 0.323 e. The maximum absolute atomic E-state index is 11.0. The van der Waals surface area contributed by atoms with Gasteiger partial charge in [-0.1, -0.05) is 6.42 Å². The zero-order valence-electron chi connectivity index (χ0n) is 13.6. The number of carbonyl (C=O) groups is 1. The fourth-order valence-corrected chi connectivity index (χ4v) is 3.64. The van der Waals surface area contributed by atoms with Crippen LogP contribution in [0.4, 0.5) is 0 Å². The number of aliphatic carboxylic acids is 1. The first-order chi connectivity index (χ1) is 9.90. The summed E-state index contributed by atoms with van der Waals surface area (Å²) in [6, 6.07) is 1.36. The van der Waals surface area contributed by atoms with Gasteiger partial charge in [-0.25, -0.2) is 0 Å². The van der Waals surface area contributed by atoms with E-state index in [0.29, 0.717) is 12.5 Å². The zero-order chi connectivity index (χ0) is 15.5. The first kappa shape index (κ1) is 16.7. The van der Waals surface area contributed by atoms with Gasteiger partial charge in [-0.15, -0.1) is 0 Å². The van der Waals surface area contributed by atoms with Crippen molar-refractivity contribution in [2.75, 3.05) is 26.2 Å². The average molecular weight is 297 g/mol. The monoisotopic (exact) mass is 297 g/mol. The molecular weight excluding hydrogens is 266 g/mol. The lowest BCUT2D eigenvalue weighted by Crippen LogP contribution is -2.58. The normalized spacial score (nSPS) is 30.6. The van der Waals surface area contributed by atoms with Crippen molar-refractivity contribution in [3.05, 3.63) is 0 Å². The van der Waals surface area contributed by atoms with Crippen LogP contribution in [0, 0.1) is 0 Å².